The van der Waals surface area contributed by atoms with Crippen LogP contribution in [0.5, 0.6) is 0 Å². The molecule has 33 heavy (non-hydrogen) atoms. The zero-order chi connectivity index (χ0) is 23.8. The van der Waals surface area contributed by atoms with Crippen molar-refractivity contribution in [3.05, 3.63) is 55.7 Å². The second-order valence-corrected chi connectivity index (χ2v) is 8.28. The van der Waals surface area contributed by atoms with E-state index >= 15 is 0 Å². The van der Waals surface area contributed by atoms with E-state index in [1.54, 1.807) is 26.2 Å². The maximum Gasteiger partial charge on any atom is 0.332 e. The molecule has 0 amide bonds. The van der Waals surface area contributed by atoms with Gasteiger partial charge in [-0.25, -0.2) is 9.86 Å². The Morgan fingerprint density at radius 2 is 2.00 bits per heavy atom. The van der Waals surface area contributed by atoms with Crippen molar-refractivity contribution in [1.82, 2.24) is 9.13 Å². The standard InChI is InChI=1S/C23H33ClN4O5/c1-4-33-28(16-17-9-11-18(24)12-10-17)20-21(25-2)26(3)23(30)27(22(20)29)13-7-15-32-19-8-5-6-14-31-19/h9-12,19,25H,4-8,13-16H2,1-3H3. The summed E-state index contributed by atoms with van der Waals surface area (Å²) in [4.78, 5) is 32.3. The number of hydrogen-bond acceptors (Lipinski definition) is 7. The molecular weight excluding hydrogens is 448 g/mol. The van der Waals surface area contributed by atoms with Gasteiger partial charge in [-0.3, -0.25) is 18.8 Å². The molecule has 2 aromatic rings. The number of anilines is 2. The van der Waals surface area contributed by atoms with Crippen LogP contribution in [-0.4, -0.2) is 42.3 Å². The maximum absolute atomic E-state index is 13.5. The minimum atomic E-state index is -0.418. The summed E-state index contributed by atoms with van der Waals surface area (Å²) in [5.74, 6) is 0.385. The molecule has 0 bridgehead atoms. The molecule has 3 rings (SSSR count). The minimum absolute atomic E-state index is 0.201. The Morgan fingerprint density at radius 1 is 1.24 bits per heavy atom. The molecule has 1 aliphatic heterocycles. The lowest BCUT2D eigenvalue weighted by Gasteiger charge is -2.27. The highest BCUT2D eigenvalue weighted by atomic mass is 35.5. The molecule has 9 nitrogen and oxygen atoms in total. The highest BCUT2D eigenvalue weighted by molar-refractivity contribution is 6.30. The lowest BCUT2D eigenvalue weighted by molar-refractivity contribution is -0.163. The van der Waals surface area contributed by atoms with E-state index in [4.69, 9.17) is 25.9 Å². The third kappa shape index (κ3) is 6.38. The predicted molar refractivity (Wildman–Crippen MR) is 129 cm³/mol. The smallest absolute Gasteiger partial charge is 0.332 e. The Bertz CT molecular complexity index is 1020. The normalized spacial score (nSPS) is 16.1. The fourth-order valence-corrected chi connectivity index (χ4v) is 3.97. The molecule has 1 N–H and O–H groups in total. The van der Waals surface area contributed by atoms with E-state index in [0.717, 1.165) is 24.8 Å². The first-order valence-corrected chi connectivity index (χ1v) is 11.7. The Kier molecular flexibility index (Phi) is 9.37. The van der Waals surface area contributed by atoms with Crippen molar-refractivity contribution >= 4 is 23.1 Å². The minimum Gasteiger partial charge on any atom is -0.372 e. The quantitative estimate of drug-likeness (QED) is 0.390. The summed E-state index contributed by atoms with van der Waals surface area (Å²) < 4.78 is 14.0. The van der Waals surface area contributed by atoms with Gasteiger partial charge in [0.1, 0.15) is 5.82 Å². The molecule has 2 heterocycles. The number of benzene rings is 1. The van der Waals surface area contributed by atoms with Gasteiger partial charge in [0, 0.05) is 32.3 Å². The number of nitrogens with one attached hydrogen (secondary N) is 1. The van der Waals surface area contributed by atoms with Crippen molar-refractivity contribution < 1.29 is 14.3 Å². The fraction of sp³-hybridized carbons (Fsp3) is 0.565. The van der Waals surface area contributed by atoms with E-state index in [2.05, 4.69) is 5.32 Å². The summed E-state index contributed by atoms with van der Waals surface area (Å²) in [5.41, 5.74) is 0.368. The molecule has 10 heteroatoms. The molecule has 0 saturated carbocycles. The highest BCUT2D eigenvalue weighted by Gasteiger charge is 2.23. The first kappa shape index (κ1) is 25.3. The highest BCUT2D eigenvalue weighted by Crippen LogP contribution is 2.23. The van der Waals surface area contributed by atoms with Crippen LogP contribution in [-0.2, 0) is 34.4 Å². The monoisotopic (exact) mass is 480 g/mol. The average molecular weight is 481 g/mol. The molecule has 1 aromatic carbocycles. The number of nitrogens with zero attached hydrogens (tertiary/aromatic N) is 3. The molecule has 1 saturated heterocycles. The summed E-state index contributed by atoms with van der Waals surface area (Å²) in [6.45, 7) is 3.86. The number of rotatable bonds is 11. The van der Waals surface area contributed by atoms with Gasteiger partial charge in [0.2, 0.25) is 0 Å². The summed E-state index contributed by atoms with van der Waals surface area (Å²) in [6.07, 6.45) is 3.32. The van der Waals surface area contributed by atoms with E-state index < -0.39 is 11.2 Å². The molecule has 0 aliphatic carbocycles. The van der Waals surface area contributed by atoms with Crippen LogP contribution in [0.25, 0.3) is 0 Å². The van der Waals surface area contributed by atoms with Gasteiger partial charge in [0.15, 0.2) is 12.0 Å². The van der Waals surface area contributed by atoms with Crippen LogP contribution in [0, 0.1) is 0 Å². The van der Waals surface area contributed by atoms with E-state index in [0.29, 0.717) is 43.6 Å². The SMILES string of the molecule is CCON(Cc1ccc(Cl)cc1)c1c(NC)n(C)c(=O)n(CCCOC2CCCCO2)c1=O. The van der Waals surface area contributed by atoms with Gasteiger partial charge >= 0.3 is 5.69 Å². The van der Waals surface area contributed by atoms with E-state index in [1.165, 1.54) is 14.2 Å². The third-order valence-corrected chi connectivity index (χ3v) is 5.76. The van der Waals surface area contributed by atoms with Gasteiger partial charge < -0.3 is 14.8 Å². The van der Waals surface area contributed by atoms with Crippen LogP contribution >= 0.6 is 11.6 Å². The largest absolute Gasteiger partial charge is 0.372 e. The lowest BCUT2D eigenvalue weighted by atomic mass is 10.2. The zero-order valence-electron chi connectivity index (χ0n) is 19.5. The average Bonchev–Trinajstić information content (AvgIpc) is 2.82. The number of hydroxylamine groups is 1. The fourth-order valence-electron chi connectivity index (χ4n) is 3.84. The number of halogens is 1. The van der Waals surface area contributed by atoms with Gasteiger partial charge in [-0.15, -0.1) is 0 Å². The van der Waals surface area contributed by atoms with Gasteiger partial charge in [-0.2, -0.15) is 0 Å². The van der Waals surface area contributed by atoms with Crippen LogP contribution in [0.4, 0.5) is 11.5 Å². The Hall–Kier alpha value is -2.33. The number of ether oxygens (including phenoxy) is 2. The van der Waals surface area contributed by atoms with Crippen LogP contribution in [0.15, 0.2) is 33.9 Å². The zero-order valence-corrected chi connectivity index (χ0v) is 20.3. The Balaban J connectivity index is 1.85. The first-order valence-electron chi connectivity index (χ1n) is 11.4. The molecule has 1 aromatic heterocycles. The van der Waals surface area contributed by atoms with Crippen molar-refractivity contribution in [2.24, 2.45) is 7.05 Å². The molecule has 0 radical (unpaired) electrons. The second kappa shape index (κ2) is 12.2. The summed E-state index contributed by atoms with van der Waals surface area (Å²) in [6, 6.07) is 7.32. The van der Waals surface area contributed by atoms with Crippen molar-refractivity contribution in [2.45, 2.75) is 52.0 Å². The van der Waals surface area contributed by atoms with Crippen molar-refractivity contribution in [3.63, 3.8) is 0 Å². The van der Waals surface area contributed by atoms with E-state index in [-0.39, 0.29) is 18.5 Å². The van der Waals surface area contributed by atoms with Gasteiger partial charge in [0.05, 0.1) is 19.8 Å². The number of aromatic nitrogens is 2. The molecular formula is C23H33ClN4O5. The lowest BCUT2D eigenvalue weighted by Crippen LogP contribution is -2.44. The second-order valence-electron chi connectivity index (χ2n) is 7.85. The molecule has 1 aliphatic rings. The van der Waals surface area contributed by atoms with Crippen molar-refractivity contribution in [3.8, 4) is 0 Å². The summed E-state index contributed by atoms with van der Waals surface area (Å²) in [5, 5.41) is 5.14. The van der Waals surface area contributed by atoms with E-state index in [1.807, 2.05) is 19.1 Å². The van der Waals surface area contributed by atoms with Crippen LogP contribution in [0.2, 0.25) is 5.02 Å². The summed E-state index contributed by atoms with van der Waals surface area (Å²) in [7, 11) is 3.30. The Morgan fingerprint density at radius 3 is 2.64 bits per heavy atom. The maximum atomic E-state index is 13.5. The molecule has 1 unspecified atom stereocenters. The number of hydrogen-bond donors (Lipinski definition) is 1. The van der Waals surface area contributed by atoms with Crippen molar-refractivity contribution in [2.75, 3.05) is 37.2 Å². The third-order valence-electron chi connectivity index (χ3n) is 5.50. The van der Waals surface area contributed by atoms with E-state index in [9.17, 15) is 9.59 Å². The predicted octanol–water partition coefficient (Wildman–Crippen LogP) is 3.13. The van der Waals surface area contributed by atoms with Crippen LogP contribution < -0.4 is 21.6 Å². The van der Waals surface area contributed by atoms with Gasteiger partial charge in [-0.05, 0) is 50.3 Å². The molecule has 1 fully saturated rings. The molecule has 1 atom stereocenters. The first-order chi connectivity index (χ1) is 16.0. The topological polar surface area (TPSA) is 87.0 Å². The van der Waals surface area contributed by atoms with Gasteiger partial charge in [-0.1, -0.05) is 23.7 Å². The van der Waals surface area contributed by atoms with Crippen molar-refractivity contribution in [1.29, 1.82) is 0 Å². The van der Waals surface area contributed by atoms with Crippen LogP contribution in [0.3, 0.4) is 0 Å². The van der Waals surface area contributed by atoms with Crippen LogP contribution in [0.1, 0.15) is 38.2 Å². The molecule has 0 spiro atoms. The summed E-state index contributed by atoms with van der Waals surface area (Å²) >= 11 is 6.00. The Labute approximate surface area is 198 Å². The van der Waals surface area contributed by atoms with Gasteiger partial charge in [0.25, 0.3) is 5.56 Å². The molecule has 182 valence electrons.